The van der Waals surface area contributed by atoms with Crippen LogP contribution in [0.25, 0.3) is 78.0 Å². The van der Waals surface area contributed by atoms with E-state index in [9.17, 15) is 0 Å². The van der Waals surface area contributed by atoms with Gasteiger partial charge in [-0.05, 0) is 89.0 Å². The first-order chi connectivity index (χ1) is 35.6. The maximum atomic E-state index is 16.9. The standard InChI is InChI=1S/C64H39N4O3P/c69-72(44-22-8-3-9-23-44)59-31-17-13-27-51(59)64(52-38-48-46-25-11-16-30-56(46)71-58(48)39-60(52)72)49-26-12-14-28-53(49)68(43-20-6-2-7-21-43)54-37-42(32-34-50(54)64)63-66-61(40-18-4-1-5-19-40)65-62(67-63)41-33-35-57-47(36-41)45-24-10-15-29-55(45)70-57/h1-39H. The Hall–Kier alpha value is -9.16. The molecule has 1 spiro atoms. The van der Waals surface area contributed by atoms with Crippen LogP contribution in [-0.4, -0.2) is 15.0 Å². The molecule has 0 aliphatic carbocycles. The van der Waals surface area contributed by atoms with Crippen molar-refractivity contribution in [3.8, 4) is 34.2 Å². The van der Waals surface area contributed by atoms with Crippen molar-refractivity contribution in [2.75, 3.05) is 4.90 Å². The number of para-hydroxylation sites is 4. The molecule has 2 aliphatic rings. The number of benzene rings is 10. The molecule has 7 nitrogen and oxygen atoms in total. The molecule has 0 fully saturated rings. The van der Waals surface area contributed by atoms with Gasteiger partial charge in [0.1, 0.15) is 22.3 Å². The van der Waals surface area contributed by atoms with E-state index in [0.29, 0.717) is 23.1 Å². The molecule has 8 heteroatoms. The van der Waals surface area contributed by atoms with Crippen LogP contribution in [0, 0.1) is 0 Å². The maximum Gasteiger partial charge on any atom is 0.171 e. The van der Waals surface area contributed by atoms with Crippen molar-refractivity contribution in [1.29, 1.82) is 0 Å². The van der Waals surface area contributed by atoms with E-state index in [1.54, 1.807) is 0 Å². The van der Waals surface area contributed by atoms with E-state index in [1.165, 1.54) is 0 Å². The third-order valence-corrected chi connectivity index (χ3v) is 17.9. The fraction of sp³-hybridized carbons (Fsp3) is 0.0156. The first-order valence-corrected chi connectivity index (χ1v) is 25.8. The molecule has 15 rings (SSSR count). The molecule has 0 bridgehead atoms. The van der Waals surface area contributed by atoms with Crippen molar-refractivity contribution in [3.63, 3.8) is 0 Å². The SMILES string of the molecule is O=P1(c2ccccc2)c2ccccc2C2(c3ccccc3N(c3ccccc3)c3cc(-c4nc(-c5ccccc5)nc(-c5ccc6oc7ccccc7c6c5)n4)ccc32)c2cc3c(cc21)oc1ccccc13. The Morgan fingerprint density at radius 1 is 0.361 bits per heavy atom. The maximum absolute atomic E-state index is 16.9. The first kappa shape index (κ1) is 40.7. The predicted molar refractivity (Wildman–Crippen MR) is 290 cm³/mol. The summed E-state index contributed by atoms with van der Waals surface area (Å²) in [5.74, 6) is 1.65. The second-order valence-electron chi connectivity index (χ2n) is 18.6. The van der Waals surface area contributed by atoms with E-state index in [2.05, 4.69) is 132 Å². The molecule has 2 unspecified atom stereocenters. The zero-order valence-corrected chi connectivity index (χ0v) is 39.4. The molecule has 3 aromatic heterocycles. The summed E-state index contributed by atoms with van der Waals surface area (Å²) < 4.78 is 29.7. The number of nitrogens with zero attached hydrogens (tertiary/aromatic N) is 4. The quantitative estimate of drug-likeness (QED) is 0.159. The van der Waals surface area contributed by atoms with Gasteiger partial charge in [-0.2, -0.15) is 0 Å². The highest BCUT2D eigenvalue weighted by atomic mass is 31.2. The van der Waals surface area contributed by atoms with Gasteiger partial charge in [-0.1, -0.05) is 170 Å². The van der Waals surface area contributed by atoms with Crippen molar-refractivity contribution in [1.82, 2.24) is 15.0 Å². The minimum Gasteiger partial charge on any atom is -0.456 e. The third kappa shape index (κ3) is 5.74. The second kappa shape index (κ2) is 15.4. The molecule has 5 heterocycles. The van der Waals surface area contributed by atoms with E-state index >= 15 is 4.57 Å². The van der Waals surface area contributed by atoms with Crippen LogP contribution in [0.15, 0.2) is 245 Å². The van der Waals surface area contributed by atoms with Gasteiger partial charge >= 0.3 is 0 Å². The van der Waals surface area contributed by atoms with E-state index in [4.69, 9.17) is 23.8 Å². The number of hydrogen-bond donors (Lipinski definition) is 0. The predicted octanol–water partition coefficient (Wildman–Crippen LogP) is 14.8. The van der Waals surface area contributed by atoms with Crippen LogP contribution in [0.2, 0.25) is 0 Å². The molecule has 2 atom stereocenters. The first-order valence-electron chi connectivity index (χ1n) is 24.1. The van der Waals surface area contributed by atoms with Gasteiger partial charge in [0.15, 0.2) is 24.6 Å². The Morgan fingerprint density at radius 2 is 0.889 bits per heavy atom. The Kier molecular flexibility index (Phi) is 8.72. The number of hydrogen-bond acceptors (Lipinski definition) is 7. The smallest absolute Gasteiger partial charge is 0.171 e. The van der Waals surface area contributed by atoms with Gasteiger partial charge in [0.2, 0.25) is 0 Å². The highest BCUT2D eigenvalue weighted by Crippen LogP contribution is 2.63. The van der Waals surface area contributed by atoms with Crippen LogP contribution >= 0.6 is 7.14 Å². The molecular weight excluding hydrogens is 904 g/mol. The summed E-state index contributed by atoms with van der Waals surface area (Å²) >= 11 is 0. The summed E-state index contributed by atoms with van der Waals surface area (Å²) in [4.78, 5) is 18.1. The molecule has 10 aromatic carbocycles. The molecule has 0 saturated heterocycles. The number of fused-ring (bicyclic) bond motifs is 14. The van der Waals surface area contributed by atoms with Gasteiger partial charge < -0.3 is 18.3 Å². The largest absolute Gasteiger partial charge is 0.456 e. The summed E-state index contributed by atoms with van der Waals surface area (Å²) in [5, 5.41) is 6.33. The summed E-state index contributed by atoms with van der Waals surface area (Å²) in [7, 11) is -3.54. The topological polar surface area (TPSA) is 85.3 Å². The molecule has 0 amide bonds. The zero-order chi connectivity index (χ0) is 47.5. The summed E-state index contributed by atoms with van der Waals surface area (Å²) in [6.07, 6.45) is 0. The molecular formula is C64H39N4O3P. The highest BCUT2D eigenvalue weighted by Gasteiger charge is 2.55. The van der Waals surface area contributed by atoms with Gasteiger partial charge in [-0.15, -0.1) is 0 Å². The van der Waals surface area contributed by atoms with Crippen LogP contribution in [0.5, 0.6) is 0 Å². The molecule has 0 N–H and O–H groups in total. The van der Waals surface area contributed by atoms with Gasteiger partial charge in [0.05, 0.1) is 16.8 Å². The van der Waals surface area contributed by atoms with E-state index in [-0.39, 0.29) is 0 Å². The van der Waals surface area contributed by atoms with E-state index < -0.39 is 12.6 Å². The van der Waals surface area contributed by atoms with E-state index in [0.717, 1.165) is 110 Å². The van der Waals surface area contributed by atoms with E-state index in [1.807, 2.05) is 109 Å². The Labute approximate surface area is 413 Å². The molecule has 0 radical (unpaired) electrons. The van der Waals surface area contributed by atoms with Crippen molar-refractivity contribution >= 4 is 84.0 Å². The van der Waals surface area contributed by atoms with Crippen molar-refractivity contribution in [2.24, 2.45) is 0 Å². The molecule has 338 valence electrons. The Morgan fingerprint density at radius 3 is 1.62 bits per heavy atom. The molecule has 0 saturated carbocycles. The fourth-order valence-electron chi connectivity index (χ4n) is 11.7. The summed E-state index contributed by atoms with van der Waals surface area (Å²) in [5.41, 5.74) is 11.7. The van der Waals surface area contributed by atoms with Crippen LogP contribution < -0.4 is 20.8 Å². The van der Waals surface area contributed by atoms with Gasteiger partial charge in [0.25, 0.3) is 0 Å². The lowest BCUT2D eigenvalue weighted by atomic mass is 9.62. The minimum atomic E-state index is -3.54. The normalized spacial score (nSPS) is 16.8. The number of anilines is 3. The van der Waals surface area contributed by atoms with Crippen molar-refractivity contribution < 1.29 is 13.4 Å². The van der Waals surface area contributed by atoms with Crippen molar-refractivity contribution in [2.45, 2.75) is 5.41 Å². The minimum absolute atomic E-state index is 0.532. The monoisotopic (exact) mass is 942 g/mol. The van der Waals surface area contributed by atoms with Crippen LogP contribution in [0.3, 0.4) is 0 Å². The summed E-state index contributed by atoms with van der Waals surface area (Å²) in [6.45, 7) is 0. The van der Waals surface area contributed by atoms with Crippen LogP contribution in [0.4, 0.5) is 17.1 Å². The molecule has 2 aliphatic heterocycles. The van der Waals surface area contributed by atoms with Crippen LogP contribution in [0.1, 0.15) is 22.3 Å². The van der Waals surface area contributed by atoms with Gasteiger partial charge in [-0.3, -0.25) is 0 Å². The average Bonchev–Trinajstić information content (AvgIpc) is 4.02. The van der Waals surface area contributed by atoms with Gasteiger partial charge in [0, 0.05) is 59.8 Å². The lowest BCUT2D eigenvalue weighted by Crippen LogP contribution is -2.49. The van der Waals surface area contributed by atoms with Crippen LogP contribution in [-0.2, 0) is 9.98 Å². The fourth-order valence-corrected chi connectivity index (χ4v) is 14.8. The molecule has 72 heavy (non-hydrogen) atoms. The second-order valence-corrected chi connectivity index (χ2v) is 21.3. The molecule has 13 aromatic rings. The Bertz CT molecular complexity index is 4400. The lowest BCUT2D eigenvalue weighted by molar-refractivity contribution is 0.590. The zero-order valence-electron chi connectivity index (χ0n) is 38.5. The van der Waals surface area contributed by atoms with Gasteiger partial charge in [-0.25, -0.2) is 15.0 Å². The third-order valence-electron chi connectivity index (χ3n) is 14.8. The average molecular weight is 943 g/mol. The number of furan rings is 2. The van der Waals surface area contributed by atoms with Crippen molar-refractivity contribution in [3.05, 3.63) is 259 Å². The lowest BCUT2D eigenvalue weighted by Gasteiger charge is -2.50. The highest BCUT2D eigenvalue weighted by molar-refractivity contribution is 7.85. The number of aromatic nitrogens is 3. The Balaban J connectivity index is 1.04. The summed E-state index contributed by atoms with van der Waals surface area (Å²) in [6, 6.07) is 81.1. The number of rotatable bonds is 5.